The molecule has 1 N–H and O–H groups in total. The van der Waals surface area contributed by atoms with E-state index in [4.69, 9.17) is 0 Å². The van der Waals surface area contributed by atoms with Gasteiger partial charge in [0.05, 0.1) is 16.6 Å². The molecule has 0 bridgehead atoms. The topological polar surface area (TPSA) is 67.2 Å². The van der Waals surface area contributed by atoms with Crippen molar-refractivity contribution in [3.63, 3.8) is 0 Å². The largest absolute Gasteiger partial charge is 0.348 e. The predicted octanol–water partition coefficient (Wildman–Crippen LogP) is 2.40. The Hall–Kier alpha value is -2.21. The number of carbonyl (C=O) groups is 2. The maximum atomic E-state index is 12.6. The summed E-state index contributed by atoms with van der Waals surface area (Å²) < 4.78 is 1.98. The van der Waals surface area contributed by atoms with E-state index in [1.54, 1.807) is 12.4 Å². The van der Waals surface area contributed by atoms with Gasteiger partial charge in [0.15, 0.2) is 0 Å². The number of ketones is 1. The van der Waals surface area contributed by atoms with Crippen LogP contribution < -0.4 is 5.32 Å². The summed E-state index contributed by atoms with van der Waals surface area (Å²) in [6, 6.07) is 3.96. The van der Waals surface area contributed by atoms with E-state index in [0.29, 0.717) is 17.6 Å². The fourth-order valence-electron chi connectivity index (χ4n) is 3.39. The van der Waals surface area contributed by atoms with Crippen molar-refractivity contribution in [2.45, 2.75) is 39.2 Å². The first-order valence-corrected chi connectivity index (χ1v) is 9.08. The third-order valence-corrected chi connectivity index (χ3v) is 4.76. The third-order valence-electron chi connectivity index (χ3n) is 4.76. The van der Waals surface area contributed by atoms with Crippen LogP contribution in [0.1, 0.15) is 49.5 Å². The molecule has 0 saturated carbocycles. The summed E-state index contributed by atoms with van der Waals surface area (Å²) in [5.41, 5.74) is 1.84. The summed E-state index contributed by atoms with van der Waals surface area (Å²) in [5.74, 6) is -1.06. The zero-order valence-electron chi connectivity index (χ0n) is 15.0. The van der Waals surface area contributed by atoms with Gasteiger partial charge in [0.25, 0.3) is 11.7 Å². The molecule has 134 valence electrons. The summed E-state index contributed by atoms with van der Waals surface area (Å²) >= 11 is 0. The van der Waals surface area contributed by atoms with Crippen molar-refractivity contribution in [2.75, 3.05) is 26.2 Å². The van der Waals surface area contributed by atoms with Gasteiger partial charge in [-0.2, -0.15) is 0 Å². The van der Waals surface area contributed by atoms with Gasteiger partial charge < -0.3 is 14.8 Å². The number of hydrogen-bond acceptors (Lipinski definition) is 4. The molecule has 0 atom stereocenters. The molecule has 3 rings (SSSR count). The molecule has 0 aliphatic carbocycles. The van der Waals surface area contributed by atoms with Gasteiger partial charge in [-0.1, -0.05) is 6.42 Å². The van der Waals surface area contributed by atoms with Crippen LogP contribution in [0.2, 0.25) is 0 Å². The van der Waals surface area contributed by atoms with Crippen LogP contribution in [0.5, 0.6) is 0 Å². The molecule has 0 radical (unpaired) electrons. The molecule has 1 aliphatic rings. The molecule has 0 unspecified atom stereocenters. The number of carbonyl (C=O) groups excluding carboxylic acids is 2. The van der Waals surface area contributed by atoms with E-state index >= 15 is 0 Å². The number of hydrogen-bond donors (Lipinski definition) is 1. The highest BCUT2D eigenvalue weighted by molar-refractivity contribution is 6.44. The molecule has 1 saturated heterocycles. The molecule has 25 heavy (non-hydrogen) atoms. The molecule has 1 amide bonds. The van der Waals surface area contributed by atoms with Gasteiger partial charge in [-0.15, -0.1) is 0 Å². The van der Waals surface area contributed by atoms with Crippen molar-refractivity contribution < 1.29 is 9.59 Å². The van der Waals surface area contributed by atoms with Crippen LogP contribution in [0.3, 0.4) is 0 Å². The molecule has 0 aromatic carbocycles. The molecule has 1 aliphatic heterocycles. The fourth-order valence-corrected chi connectivity index (χ4v) is 3.39. The average molecular weight is 342 g/mol. The minimum Gasteiger partial charge on any atom is -0.348 e. The van der Waals surface area contributed by atoms with Crippen molar-refractivity contribution in [2.24, 2.45) is 0 Å². The smallest absolute Gasteiger partial charge is 0.292 e. The first kappa shape index (κ1) is 17.6. The number of pyridine rings is 1. The fraction of sp³-hybridized carbons (Fsp3) is 0.526. The lowest BCUT2D eigenvalue weighted by Gasteiger charge is -2.26. The zero-order chi connectivity index (χ0) is 17.8. The second-order valence-electron chi connectivity index (χ2n) is 6.90. The van der Waals surface area contributed by atoms with Crippen LogP contribution >= 0.6 is 0 Å². The van der Waals surface area contributed by atoms with Crippen molar-refractivity contribution in [1.29, 1.82) is 0 Å². The number of aromatic nitrogens is 2. The second-order valence-corrected chi connectivity index (χ2v) is 6.90. The number of rotatable bonds is 6. The van der Waals surface area contributed by atoms with Crippen molar-refractivity contribution in [1.82, 2.24) is 19.8 Å². The van der Waals surface area contributed by atoms with E-state index in [2.05, 4.69) is 15.2 Å². The highest BCUT2D eigenvalue weighted by atomic mass is 16.2. The molecule has 1 fully saturated rings. The summed E-state index contributed by atoms with van der Waals surface area (Å²) in [6.07, 6.45) is 7.11. The minimum atomic E-state index is -0.550. The molecular formula is C19H26N4O2. The van der Waals surface area contributed by atoms with Crippen molar-refractivity contribution >= 4 is 22.7 Å². The maximum absolute atomic E-state index is 12.6. The lowest BCUT2D eigenvalue weighted by molar-refractivity contribution is -0.117. The summed E-state index contributed by atoms with van der Waals surface area (Å²) in [6.45, 7) is 7.54. The van der Waals surface area contributed by atoms with Gasteiger partial charge in [0.2, 0.25) is 0 Å². The second kappa shape index (κ2) is 7.78. The van der Waals surface area contributed by atoms with Crippen LogP contribution in [0.4, 0.5) is 0 Å². The van der Waals surface area contributed by atoms with Crippen LogP contribution in [-0.4, -0.2) is 52.3 Å². The number of Topliss-reactive ketones (excluding diaryl/α,β-unsaturated/α-hetero) is 1. The average Bonchev–Trinajstić information content (AvgIpc) is 3.02. The van der Waals surface area contributed by atoms with E-state index < -0.39 is 11.7 Å². The van der Waals surface area contributed by atoms with E-state index in [9.17, 15) is 9.59 Å². The van der Waals surface area contributed by atoms with Gasteiger partial charge >= 0.3 is 0 Å². The van der Waals surface area contributed by atoms with E-state index in [1.807, 2.05) is 30.5 Å². The lowest BCUT2D eigenvalue weighted by atomic mass is 10.1. The Bertz CT molecular complexity index is 760. The van der Waals surface area contributed by atoms with Gasteiger partial charge in [0, 0.05) is 31.5 Å². The standard InChI is InChI=1S/C19H26N4O2/c1-14(2)23-13-15(17-16(23)7-6-8-20-17)18(24)19(25)21-9-12-22-10-4-3-5-11-22/h6-8,13-14H,3-5,9-12H2,1-2H3,(H,21,25). The van der Waals surface area contributed by atoms with Gasteiger partial charge in [-0.3, -0.25) is 14.6 Å². The third kappa shape index (κ3) is 3.90. The monoisotopic (exact) mass is 342 g/mol. The van der Waals surface area contributed by atoms with Crippen LogP contribution in [0, 0.1) is 0 Å². The molecular weight excluding hydrogens is 316 g/mol. The predicted molar refractivity (Wildman–Crippen MR) is 97.7 cm³/mol. The first-order chi connectivity index (χ1) is 12.1. The summed E-state index contributed by atoms with van der Waals surface area (Å²) in [5, 5.41) is 2.76. The first-order valence-electron chi connectivity index (χ1n) is 9.08. The molecule has 2 aromatic heterocycles. The Balaban J connectivity index is 1.67. The van der Waals surface area contributed by atoms with Gasteiger partial charge in [0.1, 0.15) is 0 Å². The summed E-state index contributed by atoms with van der Waals surface area (Å²) in [7, 11) is 0. The Morgan fingerprint density at radius 3 is 2.72 bits per heavy atom. The number of piperidine rings is 1. The molecule has 2 aromatic rings. The number of nitrogens with zero attached hydrogens (tertiary/aromatic N) is 3. The van der Waals surface area contributed by atoms with Gasteiger partial charge in [-0.05, 0) is 51.9 Å². The molecule has 0 spiro atoms. The number of amides is 1. The summed E-state index contributed by atoms with van der Waals surface area (Å²) in [4.78, 5) is 31.5. The Morgan fingerprint density at radius 1 is 1.24 bits per heavy atom. The van der Waals surface area contributed by atoms with E-state index in [-0.39, 0.29) is 6.04 Å². The minimum absolute atomic E-state index is 0.190. The van der Waals surface area contributed by atoms with E-state index in [0.717, 1.165) is 25.2 Å². The van der Waals surface area contributed by atoms with Gasteiger partial charge in [-0.25, -0.2) is 0 Å². The zero-order valence-corrected chi connectivity index (χ0v) is 15.0. The quantitative estimate of drug-likeness (QED) is 0.647. The maximum Gasteiger partial charge on any atom is 0.292 e. The number of fused-ring (bicyclic) bond motifs is 1. The Labute approximate surface area is 148 Å². The van der Waals surface area contributed by atoms with Crippen LogP contribution in [0.15, 0.2) is 24.5 Å². The van der Waals surface area contributed by atoms with Crippen LogP contribution in [-0.2, 0) is 4.79 Å². The highest BCUT2D eigenvalue weighted by Crippen LogP contribution is 2.23. The van der Waals surface area contributed by atoms with Crippen LogP contribution in [0.25, 0.3) is 11.0 Å². The molecule has 6 nitrogen and oxygen atoms in total. The normalized spacial score (nSPS) is 15.6. The number of likely N-dealkylation sites (tertiary alicyclic amines) is 1. The molecule has 3 heterocycles. The van der Waals surface area contributed by atoms with Crippen molar-refractivity contribution in [3.8, 4) is 0 Å². The van der Waals surface area contributed by atoms with E-state index in [1.165, 1.54) is 19.3 Å². The lowest BCUT2D eigenvalue weighted by Crippen LogP contribution is -2.39. The Morgan fingerprint density at radius 2 is 2.00 bits per heavy atom. The molecule has 6 heteroatoms. The SMILES string of the molecule is CC(C)n1cc(C(=O)C(=O)NCCN2CCCCC2)c2ncccc21. The van der Waals surface area contributed by atoms with Crippen molar-refractivity contribution in [3.05, 3.63) is 30.1 Å². The number of nitrogens with one attached hydrogen (secondary N) is 1. The highest BCUT2D eigenvalue weighted by Gasteiger charge is 2.23. The Kier molecular flexibility index (Phi) is 5.48.